The van der Waals surface area contributed by atoms with E-state index in [2.05, 4.69) is 5.32 Å². The van der Waals surface area contributed by atoms with E-state index < -0.39 is 30.6 Å². The van der Waals surface area contributed by atoms with Crippen molar-refractivity contribution in [2.45, 2.75) is 45.6 Å². The van der Waals surface area contributed by atoms with Crippen LogP contribution in [0.4, 0.5) is 4.79 Å². The predicted molar refractivity (Wildman–Crippen MR) is 84.9 cm³/mol. The van der Waals surface area contributed by atoms with E-state index >= 15 is 0 Å². The van der Waals surface area contributed by atoms with Crippen molar-refractivity contribution in [3.05, 3.63) is 0 Å². The molecule has 1 saturated heterocycles. The minimum atomic E-state index is -1.09. The molecule has 2 aliphatic rings. The van der Waals surface area contributed by atoms with Gasteiger partial charge in [-0.1, -0.05) is 12.8 Å². The third-order valence-corrected chi connectivity index (χ3v) is 4.54. The largest absolute Gasteiger partial charge is 0.454 e. The molecule has 138 valence electrons. The van der Waals surface area contributed by atoms with Crippen LogP contribution < -0.4 is 10.6 Å². The summed E-state index contributed by atoms with van der Waals surface area (Å²) in [5.74, 6) is -3.03. The monoisotopic (exact) mass is 353 g/mol. The summed E-state index contributed by atoms with van der Waals surface area (Å²) in [5, 5.41) is 4.35. The highest BCUT2D eigenvalue weighted by Gasteiger charge is 2.51. The van der Waals surface area contributed by atoms with Gasteiger partial charge in [-0.15, -0.1) is 0 Å². The van der Waals surface area contributed by atoms with Crippen molar-refractivity contribution in [3.63, 3.8) is 0 Å². The quantitative estimate of drug-likeness (QED) is 0.527. The Morgan fingerprint density at radius 1 is 1.16 bits per heavy atom. The van der Waals surface area contributed by atoms with Gasteiger partial charge in [-0.2, -0.15) is 0 Å². The predicted octanol–water partition coefficient (Wildman–Crippen LogP) is -0.0610. The Morgan fingerprint density at radius 3 is 2.24 bits per heavy atom. The van der Waals surface area contributed by atoms with Crippen LogP contribution in [0.5, 0.6) is 0 Å². The number of esters is 1. The molecule has 0 aromatic heterocycles. The van der Waals surface area contributed by atoms with E-state index in [4.69, 9.17) is 4.74 Å². The number of nitrogens with one attached hydrogen (secondary N) is 2. The number of hydrogen-bond acceptors (Lipinski definition) is 6. The minimum Gasteiger partial charge on any atom is -0.454 e. The van der Waals surface area contributed by atoms with Crippen molar-refractivity contribution in [2.75, 3.05) is 13.2 Å². The topological polar surface area (TPSA) is 122 Å². The number of rotatable bonds is 5. The van der Waals surface area contributed by atoms with Crippen LogP contribution in [0, 0.1) is 11.8 Å². The zero-order valence-corrected chi connectivity index (χ0v) is 14.4. The van der Waals surface area contributed by atoms with E-state index in [1.165, 1.54) is 6.92 Å². The van der Waals surface area contributed by atoms with E-state index in [1.54, 1.807) is 6.92 Å². The molecule has 0 aromatic carbocycles. The molecule has 0 aromatic rings. The number of hydrogen-bond donors (Lipinski definition) is 2. The molecule has 1 aliphatic heterocycles. The first-order valence-corrected chi connectivity index (χ1v) is 8.48. The Kier molecular flexibility index (Phi) is 6.11. The molecule has 5 amide bonds. The van der Waals surface area contributed by atoms with Gasteiger partial charge in [-0.05, 0) is 26.7 Å². The summed E-state index contributed by atoms with van der Waals surface area (Å²) in [7, 11) is 0. The molecule has 1 aliphatic carbocycles. The van der Waals surface area contributed by atoms with Crippen molar-refractivity contribution in [1.82, 2.24) is 15.5 Å². The lowest BCUT2D eigenvalue weighted by atomic mass is 9.81. The Hall–Kier alpha value is -2.45. The fraction of sp³-hybridized carbons (Fsp3) is 0.688. The van der Waals surface area contributed by atoms with Gasteiger partial charge < -0.3 is 10.1 Å². The molecule has 1 heterocycles. The number of carbonyl (C=O) groups excluding carboxylic acids is 5. The first-order chi connectivity index (χ1) is 11.9. The maximum absolute atomic E-state index is 12.4. The third kappa shape index (κ3) is 4.15. The molecule has 2 fully saturated rings. The van der Waals surface area contributed by atoms with Crippen LogP contribution in [0.2, 0.25) is 0 Å². The lowest BCUT2D eigenvalue weighted by molar-refractivity contribution is -0.159. The number of fused-ring (bicyclic) bond motifs is 1. The summed E-state index contributed by atoms with van der Waals surface area (Å²) in [6.07, 6.45) is 3.10. The number of carbonyl (C=O) groups is 5. The molecule has 3 atom stereocenters. The Labute approximate surface area is 145 Å². The number of imide groups is 2. The number of likely N-dealkylation sites (tertiary alicyclic amines) is 1. The average Bonchev–Trinajstić information content (AvgIpc) is 2.84. The summed E-state index contributed by atoms with van der Waals surface area (Å²) in [6.45, 7) is 2.77. The van der Waals surface area contributed by atoms with Gasteiger partial charge in [0.15, 0.2) is 6.61 Å². The third-order valence-electron chi connectivity index (χ3n) is 4.54. The second-order valence-corrected chi connectivity index (χ2v) is 6.24. The molecule has 2 N–H and O–H groups in total. The maximum Gasteiger partial charge on any atom is 0.329 e. The second kappa shape index (κ2) is 8.09. The highest BCUT2D eigenvalue weighted by Crippen LogP contribution is 2.38. The van der Waals surface area contributed by atoms with Crippen LogP contribution in [0.25, 0.3) is 0 Å². The van der Waals surface area contributed by atoms with Crippen LogP contribution in [-0.4, -0.2) is 53.8 Å². The van der Waals surface area contributed by atoms with Gasteiger partial charge in [0.2, 0.25) is 11.8 Å². The summed E-state index contributed by atoms with van der Waals surface area (Å²) >= 11 is 0. The van der Waals surface area contributed by atoms with Crippen LogP contribution in [0.3, 0.4) is 0 Å². The molecule has 0 spiro atoms. The van der Waals surface area contributed by atoms with Crippen LogP contribution in [0.15, 0.2) is 0 Å². The standard InChI is InChI=1S/C16H23N3O6/c1-3-17-16(24)18-12(20)8-25-15(23)9(2)19-13(21)10-6-4-5-7-11(10)14(19)22/h9-11H,3-8H2,1-2H3,(H2,17,18,20,24)/t9-,10-,11+/m0/s1. The highest BCUT2D eigenvalue weighted by atomic mass is 16.5. The Morgan fingerprint density at radius 2 is 1.72 bits per heavy atom. The Balaban J connectivity index is 1.89. The van der Waals surface area contributed by atoms with Crippen molar-refractivity contribution < 1.29 is 28.7 Å². The fourth-order valence-corrected chi connectivity index (χ4v) is 3.30. The van der Waals surface area contributed by atoms with Gasteiger partial charge in [-0.3, -0.25) is 24.6 Å². The molecule has 9 heteroatoms. The zero-order valence-electron chi connectivity index (χ0n) is 14.4. The lowest BCUT2D eigenvalue weighted by Gasteiger charge is -2.21. The van der Waals surface area contributed by atoms with Crippen molar-refractivity contribution in [3.8, 4) is 0 Å². The van der Waals surface area contributed by atoms with E-state index in [0.29, 0.717) is 19.4 Å². The van der Waals surface area contributed by atoms with Crippen LogP contribution >= 0.6 is 0 Å². The first-order valence-electron chi connectivity index (χ1n) is 8.48. The van der Waals surface area contributed by atoms with Gasteiger partial charge >= 0.3 is 12.0 Å². The molecular formula is C16H23N3O6. The molecule has 0 unspecified atom stereocenters. The maximum atomic E-state index is 12.4. The smallest absolute Gasteiger partial charge is 0.329 e. The number of amides is 5. The summed E-state index contributed by atoms with van der Waals surface area (Å²) < 4.78 is 4.83. The van der Waals surface area contributed by atoms with Gasteiger partial charge in [0, 0.05) is 6.54 Å². The molecule has 0 bridgehead atoms. The molecule has 0 radical (unpaired) electrons. The fourth-order valence-electron chi connectivity index (χ4n) is 3.30. The van der Waals surface area contributed by atoms with Gasteiger partial charge in [0.05, 0.1) is 11.8 Å². The average molecular weight is 353 g/mol. The van der Waals surface area contributed by atoms with Crippen LogP contribution in [-0.2, 0) is 23.9 Å². The van der Waals surface area contributed by atoms with Crippen molar-refractivity contribution in [2.24, 2.45) is 11.8 Å². The molecule has 1 saturated carbocycles. The van der Waals surface area contributed by atoms with Gasteiger partial charge in [0.1, 0.15) is 6.04 Å². The Bertz CT molecular complexity index is 566. The first kappa shape index (κ1) is 18.9. The number of ether oxygens (including phenoxy) is 1. The molecule has 2 rings (SSSR count). The summed E-state index contributed by atoms with van der Waals surface area (Å²) in [4.78, 5) is 60.6. The van der Waals surface area contributed by atoms with Gasteiger partial charge in [-0.25, -0.2) is 9.59 Å². The SMILES string of the molecule is CCNC(=O)NC(=O)COC(=O)[C@H](C)N1C(=O)[C@H]2CCCC[C@H]2C1=O. The van der Waals surface area contributed by atoms with Crippen LogP contribution in [0.1, 0.15) is 39.5 Å². The molecule has 9 nitrogen and oxygen atoms in total. The van der Waals surface area contributed by atoms with E-state index in [-0.39, 0.29) is 23.7 Å². The minimum absolute atomic E-state index is 0.342. The van der Waals surface area contributed by atoms with E-state index in [1.807, 2.05) is 5.32 Å². The summed E-state index contributed by atoms with van der Waals surface area (Å²) in [6, 6.07) is -1.78. The lowest BCUT2D eigenvalue weighted by Crippen LogP contribution is -2.46. The number of nitrogens with zero attached hydrogens (tertiary/aromatic N) is 1. The molecular weight excluding hydrogens is 330 g/mol. The van der Waals surface area contributed by atoms with Gasteiger partial charge in [0.25, 0.3) is 5.91 Å². The van der Waals surface area contributed by atoms with E-state index in [9.17, 15) is 24.0 Å². The van der Waals surface area contributed by atoms with E-state index in [0.717, 1.165) is 17.7 Å². The molecule has 25 heavy (non-hydrogen) atoms. The van der Waals surface area contributed by atoms with Crippen molar-refractivity contribution >= 4 is 29.7 Å². The number of urea groups is 1. The second-order valence-electron chi connectivity index (χ2n) is 6.24. The van der Waals surface area contributed by atoms with Crippen molar-refractivity contribution in [1.29, 1.82) is 0 Å². The normalized spacial score (nSPS) is 23.7. The zero-order chi connectivity index (χ0) is 18.6. The summed E-state index contributed by atoms with van der Waals surface area (Å²) in [5.41, 5.74) is 0. The highest BCUT2D eigenvalue weighted by molar-refractivity contribution is 6.08.